The number of hydrogen-bond donors (Lipinski definition) is 1. The summed E-state index contributed by atoms with van der Waals surface area (Å²) in [5.41, 5.74) is 2.06. The van der Waals surface area contributed by atoms with Crippen LogP contribution < -0.4 is 10.1 Å². The van der Waals surface area contributed by atoms with Crippen LogP contribution in [0.5, 0.6) is 5.75 Å². The van der Waals surface area contributed by atoms with Gasteiger partial charge in [0.25, 0.3) is 0 Å². The fourth-order valence-electron chi connectivity index (χ4n) is 2.67. The van der Waals surface area contributed by atoms with Crippen LogP contribution in [0, 0.1) is 0 Å². The van der Waals surface area contributed by atoms with Crippen molar-refractivity contribution in [3.8, 4) is 5.75 Å². The third-order valence-corrected chi connectivity index (χ3v) is 4.26. The average Bonchev–Trinajstić information content (AvgIpc) is 2.66. The highest BCUT2D eigenvalue weighted by atomic mass is 16.5. The van der Waals surface area contributed by atoms with Crippen LogP contribution in [0.2, 0.25) is 0 Å². The summed E-state index contributed by atoms with van der Waals surface area (Å²) < 4.78 is 5.14. The topological polar surface area (TPSA) is 58.6 Å². The smallest absolute Gasteiger partial charge is 0.222 e. The standard InChI is InChI=1S/C21H26N2O3/c1-16(19-7-5-4-6-8-19)22-21(25)13-14-23(17(2)24)15-18-9-11-20(26-3)12-10-18/h4-12,16H,13-15H2,1-3H3,(H,22,25). The van der Waals surface area contributed by atoms with Gasteiger partial charge in [0.05, 0.1) is 13.2 Å². The van der Waals surface area contributed by atoms with E-state index in [0.29, 0.717) is 13.1 Å². The SMILES string of the molecule is COc1ccc(CN(CCC(=O)NC(C)c2ccccc2)C(C)=O)cc1. The maximum absolute atomic E-state index is 12.2. The Morgan fingerprint density at radius 3 is 2.31 bits per heavy atom. The number of rotatable bonds is 8. The lowest BCUT2D eigenvalue weighted by atomic mass is 10.1. The number of carbonyl (C=O) groups excluding carboxylic acids is 2. The molecule has 2 amide bonds. The molecule has 1 atom stereocenters. The number of amides is 2. The Morgan fingerprint density at radius 1 is 1.08 bits per heavy atom. The first-order valence-corrected chi connectivity index (χ1v) is 8.72. The minimum absolute atomic E-state index is 0.0512. The molecule has 0 saturated carbocycles. The highest BCUT2D eigenvalue weighted by molar-refractivity contribution is 5.78. The normalized spacial score (nSPS) is 11.5. The Hall–Kier alpha value is -2.82. The zero-order chi connectivity index (χ0) is 18.9. The van der Waals surface area contributed by atoms with Gasteiger partial charge >= 0.3 is 0 Å². The van der Waals surface area contributed by atoms with Gasteiger partial charge in [-0.3, -0.25) is 9.59 Å². The molecule has 26 heavy (non-hydrogen) atoms. The minimum atomic E-state index is -0.0673. The van der Waals surface area contributed by atoms with Crippen LogP contribution in [0.3, 0.4) is 0 Å². The van der Waals surface area contributed by atoms with E-state index in [0.717, 1.165) is 16.9 Å². The molecule has 0 aliphatic rings. The molecule has 0 fully saturated rings. The zero-order valence-corrected chi connectivity index (χ0v) is 15.6. The van der Waals surface area contributed by atoms with Crippen LogP contribution in [0.25, 0.3) is 0 Å². The second kappa shape index (κ2) is 9.61. The van der Waals surface area contributed by atoms with Gasteiger partial charge in [-0.05, 0) is 30.2 Å². The fourth-order valence-corrected chi connectivity index (χ4v) is 2.67. The molecule has 0 heterocycles. The highest BCUT2D eigenvalue weighted by Crippen LogP contribution is 2.14. The number of benzene rings is 2. The average molecular weight is 354 g/mol. The monoisotopic (exact) mass is 354 g/mol. The summed E-state index contributed by atoms with van der Waals surface area (Å²) in [7, 11) is 1.62. The van der Waals surface area contributed by atoms with E-state index in [1.54, 1.807) is 12.0 Å². The van der Waals surface area contributed by atoms with Gasteiger partial charge in [0.1, 0.15) is 5.75 Å². The summed E-state index contributed by atoms with van der Waals surface area (Å²) >= 11 is 0. The molecule has 0 aromatic heterocycles. The van der Waals surface area contributed by atoms with Crippen molar-refractivity contribution in [3.63, 3.8) is 0 Å². The molecular formula is C21H26N2O3. The van der Waals surface area contributed by atoms with Crippen LogP contribution in [-0.2, 0) is 16.1 Å². The van der Waals surface area contributed by atoms with Gasteiger partial charge in [-0.2, -0.15) is 0 Å². The second-order valence-corrected chi connectivity index (χ2v) is 6.24. The van der Waals surface area contributed by atoms with Crippen LogP contribution >= 0.6 is 0 Å². The van der Waals surface area contributed by atoms with E-state index in [2.05, 4.69) is 5.32 Å². The lowest BCUT2D eigenvalue weighted by Gasteiger charge is -2.22. The number of nitrogens with zero attached hydrogens (tertiary/aromatic N) is 1. The maximum atomic E-state index is 12.2. The Labute approximate surface area is 155 Å². The molecule has 0 aliphatic heterocycles. The maximum Gasteiger partial charge on any atom is 0.222 e. The zero-order valence-electron chi connectivity index (χ0n) is 15.6. The molecule has 138 valence electrons. The molecule has 2 aromatic carbocycles. The van der Waals surface area contributed by atoms with Gasteiger partial charge in [-0.15, -0.1) is 0 Å². The molecule has 1 N–H and O–H groups in total. The van der Waals surface area contributed by atoms with Crippen molar-refractivity contribution in [1.82, 2.24) is 10.2 Å². The van der Waals surface area contributed by atoms with Gasteiger partial charge < -0.3 is 15.0 Å². The predicted molar refractivity (Wildman–Crippen MR) is 102 cm³/mol. The van der Waals surface area contributed by atoms with Gasteiger partial charge in [0, 0.05) is 26.4 Å². The Kier molecular flexibility index (Phi) is 7.21. The van der Waals surface area contributed by atoms with Gasteiger partial charge in [0.2, 0.25) is 11.8 Å². The summed E-state index contributed by atoms with van der Waals surface area (Å²) in [5.74, 6) is 0.657. The van der Waals surface area contributed by atoms with Crippen molar-refractivity contribution in [1.29, 1.82) is 0 Å². The fraction of sp³-hybridized carbons (Fsp3) is 0.333. The van der Waals surface area contributed by atoms with Crippen LogP contribution in [-0.4, -0.2) is 30.4 Å². The van der Waals surface area contributed by atoms with E-state index in [-0.39, 0.29) is 24.3 Å². The van der Waals surface area contributed by atoms with Crippen LogP contribution in [0.4, 0.5) is 0 Å². The summed E-state index contributed by atoms with van der Waals surface area (Å²) in [4.78, 5) is 25.8. The Morgan fingerprint density at radius 2 is 1.73 bits per heavy atom. The summed E-state index contributed by atoms with van der Waals surface area (Å²) in [6, 6.07) is 17.3. The van der Waals surface area contributed by atoms with E-state index in [9.17, 15) is 9.59 Å². The molecule has 0 saturated heterocycles. The van der Waals surface area contributed by atoms with Crippen molar-refractivity contribution >= 4 is 11.8 Å². The van der Waals surface area contributed by atoms with Gasteiger partial charge in [-0.1, -0.05) is 42.5 Å². The molecule has 2 rings (SSSR count). The van der Waals surface area contributed by atoms with E-state index in [1.807, 2.05) is 61.5 Å². The number of nitrogens with one attached hydrogen (secondary N) is 1. The van der Waals surface area contributed by atoms with Crippen molar-refractivity contribution in [3.05, 3.63) is 65.7 Å². The van der Waals surface area contributed by atoms with Gasteiger partial charge in [0.15, 0.2) is 0 Å². The quantitative estimate of drug-likeness (QED) is 0.791. The molecule has 0 aliphatic carbocycles. The van der Waals surface area contributed by atoms with Crippen LogP contribution in [0.1, 0.15) is 37.4 Å². The van der Waals surface area contributed by atoms with E-state index >= 15 is 0 Å². The molecule has 5 heteroatoms. The highest BCUT2D eigenvalue weighted by Gasteiger charge is 2.14. The largest absolute Gasteiger partial charge is 0.497 e. The summed E-state index contributed by atoms with van der Waals surface area (Å²) in [6.07, 6.45) is 0.271. The summed E-state index contributed by atoms with van der Waals surface area (Å²) in [5, 5.41) is 2.98. The first kappa shape index (κ1) is 19.5. The predicted octanol–water partition coefficient (Wildman–Crippen LogP) is 3.31. The molecule has 2 aromatic rings. The summed E-state index contributed by atoms with van der Waals surface area (Å²) in [6.45, 7) is 4.33. The molecular weight excluding hydrogens is 328 g/mol. The number of carbonyl (C=O) groups is 2. The van der Waals surface area contributed by atoms with E-state index < -0.39 is 0 Å². The lowest BCUT2D eigenvalue weighted by molar-refractivity contribution is -0.130. The van der Waals surface area contributed by atoms with Crippen molar-refractivity contribution in [2.24, 2.45) is 0 Å². The molecule has 0 spiro atoms. The first-order valence-electron chi connectivity index (χ1n) is 8.72. The number of hydrogen-bond acceptors (Lipinski definition) is 3. The molecule has 5 nitrogen and oxygen atoms in total. The molecule has 1 unspecified atom stereocenters. The number of ether oxygens (including phenoxy) is 1. The van der Waals surface area contributed by atoms with Crippen molar-refractivity contribution in [2.45, 2.75) is 32.9 Å². The lowest BCUT2D eigenvalue weighted by Crippen LogP contribution is -2.34. The Balaban J connectivity index is 1.87. The van der Waals surface area contributed by atoms with Crippen LogP contribution in [0.15, 0.2) is 54.6 Å². The Bertz CT molecular complexity index is 714. The molecule has 0 radical (unpaired) electrons. The minimum Gasteiger partial charge on any atom is -0.497 e. The molecule has 0 bridgehead atoms. The van der Waals surface area contributed by atoms with E-state index in [1.165, 1.54) is 6.92 Å². The second-order valence-electron chi connectivity index (χ2n) is 6.24. The van der Waals surface area contributed by atoms with E-state index in [4.69, 9.17) is 4.74 Å². The third kappa shape index (κ3) is 5.92. The first-order chi connectivity index (χ1) is 12.5. The van der Waals surface area contributed by atoms with Crippen molar-refractivity contribution in [2.75, 3.05) is 13.7 Å². The van der Waals surface area contributed by atoms with Crippen molar-refractivity contribution < 1.29 is 14.3 Å². The third-order valence-electron chi connectivity index (χ3n) is 4.26. The number of methoxy groups -OCH3 is 1. The van der Waals surface area contributed by atoms with Gasteiger partial charge in [-0.25, -0.2) is 0 Å².